The fraction of sp³-hybridized carbons (Fsp3) is 0.458. The Morgan fingerprint density at radius 2 is 1.97 bits per heavy atom. The molecular weight excluding hydrogens is 461 g/mol. The second-order valence-corrected chi connectivity index (χ2v) is 9.59. The number of primary amides is 1. The van der Waals surface area contributed by atoms with Crippen molar-refractivity contribution >= 4 is 24.4 Å². The summed E-state index contributed by atoms with van der Waals surface area (Å²) in [5.41, 5.74) is 5.59. The van der Waals surface area contributed by atoms with Crippen LogP contribution in [0.5, 0.6) is 11.6 Å². The SMILES string of the molecule is NC(=O)c1cccnc1OC1CCOC(S)(C2CCC(NC(=O)c3cc(F)ccc3O)CC2)C1. The number of pyridine rings is 1. The average molecular weight is 490 g/mol. The number of nitrogens with zero attached hydrogens (tertiary/aromatic N) is 1. The molecule has 0 radical (unpaired) electrons. The van der Waals surface area contributed by atoms with Crippen LogP contribution in [0, 0.1) is 11.7 Å². The van der Waals surface area contributed by atoms with E-state index in [1.807, 2.05) is 0 Å². The van der Waals surface area contributed by atoms with Crippen LogP contribution < -0.4 is 15.8 Å². The van der Waals surface area contributed by atoms with E-state index in [1.54, 1.807) is 18.3 Å². The highest BCUT2D eigenvalue weighted by molar-refractivity contribution is 7.81. The Bertz CT molecular complexity index is 1060. The number of carbonyl (C=O) groups is 2. The zero-order valence-corrected chi connectivity index (χ0v) is 19.5. The molecule has 8 nitrogen and oxygen atoms in total. The summed E-state index contributed by atoms with van der Waals surface area (Å²) in [6, 6.07) is 6.42. The van der Waals surface area contributed by atoms with Gasteiger partial charge in [-0.05, 0) is 61.9 Å². The van der Waals surface area contributed by atoms with Crippen molar-refractivity contribution < 1.29 is 28.6 Å². The molecule has 4 rings (SSSR count). The normalized spacial score (nSPS) is 27.1. The van der Waals surface area contributed by atoms with E-state index in [0.29, 0.717) is 32.3 Å². The molecule has 1 aromatic heterocycles. The summed E-state index contributed by atoms with van der Waals surface area (Å²) in [5.74, 6) is -1.58. The van der Waals surface area contributed by atoms with Gasteiger partial charge in [-0.1, -0.05) is 0 Å². The van der Waals surface area contributed by atoms with Gasteiger partial charge in [-0.3, -0.25) is 9.59 Å². The summed E-state index contributed by atoms with van der Waals surface area (Å²) in [5, 5.41) is 12.8. The lowest BCUT2D eigenvalue weighted by Crippen LogP contribution is -2.48. The molecule has 2 unspecified atom stereocenters. The van der Waals surface area contributed by atoms with Gasteiger partial charge < -0.3 is 25.6 Å². The zero-order valence-electron chi connectivity index (χ0n) is 18.6. The molecule has 1 aliphatic heterocycles. The second kappa shape index (κ2) is 10.2. The predicted molar refractivity (Wildman–Crippen MR) is 125 cm³/mol. The van der Waals surface area contributed by atoms with Crippen molar-refractivity contribution in [3.63, 3.8) is 0 Å². The molecule has 2 amide bonds. The first kappa shape index (κ1) is 24.3. The molecule has 4 N–H and O–H groups in total. The van der Waals surface area contributed by atoms with Crippen LogP contribution in [0.25, 0.3) is 0 Å². The highest BCUT2D eigenvalue weighted by Crippen LogP contribution is 2.44. The number of aromatic hydroxyl groups is 1. The number of amides is 2. The van der Waals surface area contributed by atoms with Crippen LogP contribution in [-0.4, -0.2) is 45.6 Å². The lowest BCUT2D eigenvalue weighted by atomic mass is 9.79. The Kier molecular flexibility index (Phi) is 7.27. The van der Waals surface area contributed by atoms with Crippen molar-refractivity contribution in [1.29, 1.82) is 0 Å². The fourth-order valence-electron chi connectivity index (χ4n) is 4.71. The maximum Gasteiger partial charge on any atom is 0.255 e. The second-order valence-electron chi connectivity index (χ2n) is 8.83. The summed E-state index contributed by atoms with van der Waals surface area (Å²) >= 11 is 4.89. The lowest BCUT2D eigenvalue weighted by Gasteiger charge is -2.45. The molecule has 2 fully saturated rings. The van der Waals surface area contributed by atoms with Gasteiger partial charge in [0, 0.05) is 25.1 Å². The van der Waals surface area contributed by atoms with E-state index in [9.17, 15) is 19.1 Å². The van der Waals surface area contributed by atoms with Crippen molar-refractivity contribution in [1.82, 2.24) is 10.3 Å². The monoisotopic (exact) mass is 489 g/mol. The summed E-state index contributed by atoms with van der Waals surface area (Å²) < 4.78 is 25.6. The summed E-state index contributed by atoms with van der Waals surface area (Å²) in [7, 11) is 0. The van der Waals surface area contributed by atoms with Crippen molar-refractivity contribution in [3.8, 4) is 11.6 Å². The number of benzene rings is 1. The molecule has 0 spiro atoms. The van der Waals surface area contributed by atoms with Gasteiger partial charge in [-0.25, -0.2) is 9.37 Å². The number of nitrogens with two attached hydrogens (primary N) is 1. The zero-order chi connectivity index (χ0) is 24.3. The largest absolute Gasteiger partial charge is 0.507 e. The number of nitrogens with one attached hydrogen (secondary N) is 1. The number of hydrogen-bond acceptors (Lipinski definition) is 7. The molecule has 1 saturated heterocycles. The smallest absolute Gasteiger partial charge is 0.255 e. The number of aromatic nitrogens is 1. The quantitative estimate of drug-likeness (QED) is 0.462. The first-order valence-electron chi connectivity index (χ1n) is 11.3. The van der Waals surface area contributed by atoms with Crippen LogP contribution in [0.4, 0.5) is 4.39 Å². The van der Waals surface area contributed by atoms with Crippen molar-refractivity contribution in [2.24, 2.45) is 11.7 Å². The third-order valence-electron chi connectivity index (χ3n) is 6.53. The van der Waals surface area contributed by atoms with Gasteiger partial charge in [0.15, 0.2) is 0 Å². The van der Waals surface area contributed by atoms with Crippen molar-refractivity contribution in [2.75, 3.05) is 6.61 Å². The number of ether oxygens (including phenoxy) is 2. The van der Waals surface area contributed by atoms with E-state index >= 15 is 0 Å². The third-order valence-corrected chi connectivity index (χ3v) is 7.21. The Morgan fingerprint density at radius 1 is 1.21 bits per heavy atom. The number of phenols is 1. The van der Waals surface area contributed by atoms with Crippen LogP contribution in [-0.2, 0) is 4.74 Å². The summed E-state index contributed by atoms with van der Waals surface area (Å²) in [6.45, 7) is 0.461. The van der Waals surface area contributed by atoms with E-state index in [2.05, 4.69) is 10.3 Å². The van der Waals surface area contributed by atoms with E-state index in [-0.39, 0.29) is 40.8 Å². The Balaban J connectivity index is 1.34. The first-order chi connectivity index (χ1) is 16.2. The van der Waals surface area contributed by atoms with Crippen LogP contribution in [0.3, 0.4) is 0 Å². The molecule has 34 heavy (non-hydrogen) atoms. The Hall–Kier alpha value is -2.85. The van der Waals surface area contributed by atoms with Crippen LogP contribution in [0.15, 0.2) is 36.5 Å². The van der Waals surface area contributed by atoms with Crippen LogP contribution in [0.1, 0.15) is 59.2 Å². The highest BCUT2D eigenvalue weighted by atomic mass is 32.1. The summed E-state index contributed by atoms with van der Waals surface area (Å²) in [4.78, 5) is 27.6. The number of halogens is 1. The lowest BCUT2D eigenvalue weighted by molar-refractivity contribution is -0.0926. The number of thiol groups is 1. The number of hydrogen-bond donors (Lipinski definition) is 4. The van der Waals surface area contributed by atoms with Gasteiger partial charge >= 0.3 is 0 Å². The van der Waals surface area contributed by atoms with Crippen molar-refractivity contribution in [3.05, 3.63) is 53.5 Å². The van der Waals surface area contributed by atoms with E-state index in [1.165, 1.54) is 6.07 Å². The predicted octanol–water partition coefficient (Wildman–Crippen LogP) is 3.20. The Morgan fingerprint density at radius 3 is 2.71 bits per heavy atom. The standard InChI is InChI=1S/C24H28FN3O5S/c25-15-5-8-20(29)19(12-15)22(31)28-16-6-3-14(4-7-16)24(34)13-17(9-11-32-24)33-23-18(21(26)30)2-1-10-27-23/h1-2,5,8,10,12,14,16-17,29,34H,3-4,6-7,9,11,13H2,(H2,26,30)(H,28,31). The molecule has 0 bridgehead atoms. The molecule has 2 atom stereocenters. The highest BCUT2D eigenvalue weighted by Gasteiger charge is 2.44. The van der Waals surface area contributed by atoms with Gasteiger partial charge in [0.05, 0.1) is 12.2 Å². The Labute approximate surface area is 202 Å². The van der Waals surface area contributed by atoms with Crippen molar-refractivity contribution in [2.45, 2.75) is 55.6 Å². The molecule has 2 aliphatic rings. The molecule has 2 heterocycles. The minimum atomic E-state index is -0.708. The molecule has 1 aliphatic carbocycles. The minimum Gasteiger partial charge on any atom is -0.507 e. The van der Waals surface area contributed by atoms with Crippen LogP contribution >= 0.6 is 12.6 Å². The van der Waals surface area contributed by atoms with E-state index in [0.717, 1.165) is 25.0 Å². The molecule has 182 valence electrons. The molecule has 2 aromatic rings. The average Bonchev–Trinajstić information content (AvgIpc) is 2.81. The van der Waals surface area contributed by atoms with Crippen LogP contribution in [0.2, 0.25) is 0 Å². The minimum absolute atomic E-state index is 0.0757. The number of rotatable bonds is 6. The molecular formula is C24H28FN3O5S. The van der Waals surface area contributed by atoms with Gasteiger partial charge in [0.25, 0.3) is 11.8 Å². The summed E-state index contributed by atoms with van der Waals surface area (Å²) in [6.07, 6.45) is 5.43. The van der Waals surface area contributed by atoms with E-state index < -0.39 is 22.6 Å². The molecule has 1 aromatic carbocycles. The number of carbonyl (C=O) groups excluding carboxylic acids is 2. The van der Waals surface area contributed by atoms with Gasteiger partial charge in [-0.2, -0.15) is 0 Å². The van der Waals surface area contributed by atoms with E-state index in [4.69, 9.17) is 27.8 Å². The molecule has 1 saturated carbocycles. The number of phenolic OH excluding ortho intramolecular Hbond substituents is 1. The van der Waals surface area contributed by atoms with Gasteiger partial charge in [0.1, 0.15) is 28.2 Å². The molecule has 10 heteroatoms. The van der Waals surface area contributed by atoms with Gasteiger partial charge in [-0.15, -0.1) is 12.6 Å². The fourth-order valence-corrected chi connectivity index (χ4v) is 5.26. The maximum absolute atomic E-state index is 13.5. The maximum atomic E-state index is 13.5. The third kappa shape index (κ3) is 5.44. The van der Waals surface area contributed by atoms with Gasteiger partial charge in [0.2, 0.25) is 5.88 Å². The first-order valence-corrected chi connectivity index (χ1v) is 11.8. The topological polar surface area (TPSA) is 124 Å².